The molecule has 1 aromatic rings. The van der Waals surface area contributed by atoms with Crippen LogP contribution in [0.25, 0.3) is 0 Å². The summed E-state index contributed by atoms with van der Waals surface area (Å²) in [6.45, 7) is 4.87. The van der Waals surface area contributed by atoms with Gasteiger partial charge in [0, 0.05) is 22.9 Å². The summed E-state index contributed by atoms with van der Waals surface area (Å²) in [6, 6.07) is 4.35. The third kappa shape index (κ3) is 5.64. The normalized spacial score (nSPS) is 10.9. The highest BCUT2D eigenvalue weighted by Gasteiger charge is 1.99. The third-order valence-corrected chi connectivity index (χ3v) is 3.51. The minimum atomic E-state index is 0.778. The number of rotatable bonds is 9. The summed E-state index contributed by atoms with van der Waals surface area (Å²) < 4.78 is 5.65. The molecule has 0 saturated heterocycles. The van der Waals surface area contributed by atoms with Crippen LogP contribution in [0.3, 0.4) is 0 Å². The first-order chi connectivity index (χ1) is 7.86. The highest BCUT2D eigenvalue weighted by Crippen LogP contribution is 2.17. The van der Waals surface area contributed by atoms with Crippen LogP contribution in [0.15, 0.2) is 12.1 Å². The zero-order chi connectivity index (χ0) is 11.6. The van der Waals surface area contributed by atoms with E-state index in [1.165, 1.54) is 35.4 Å². The van der Waals surface area contributed by atoms with Crippen LogP contribution in [0.1, 0.15) is 42.4 Å². The Kier molecular flexibility index (Phi) is 7.47. The van der Waals surface area contributed by atoms with Crippen molar-refractivity contribution in [1.82, 2.24) is 5.32 Å². The molecule has 1 N–H and O–H groups in total. The lowest BCUT2D eigenvalue weighted by molar-refractivity contribution is 0.119. The van der Waals surface area contributed by atoms with Crippen LogP contribution in [-0.2, 0) is 17.9 Å². The molecule has 0 aromatic carbocycles. The quantitative estimate of drug-likeness (QED) is 0.667. The fourth-order valence-electron chi connectivity index (χ4n) is 1.57. The standard InChI is InChI=1S/C13H23NOS/c1-3-4-5-6-9-15-11-13-8-7-12(16-13)10-14-2/h7-8,14H,3-6,9-11H2,1-2H3. The van der Waals surface area contributed by atoms with E-state index in [2.05, 4.69) is 24.4 Å². The molecule has 1 heterocycles. The molecule has 16 heavy (non-hydrogen) atoms. The molecule has 0 aliphatic rings. The molecule has 0 bridgehead atoms. The Labute approximate surface area is 103 Å². The van der Waals surface area contributed by atoms with E-state index < -0.39 is 0 Å². The van der Waals surface area contributed by atoms with Crippen molar-refractivity contribution in [3.05, 3.63) is 21.9 Å². The van der Waals surface area contributed by atoms with Gasteiger partial charge < -0.3 is 10.1 Å². The maximum atomic E-state index is 5.65. The fraction of sp³-hybridized carbons (Fsp3) is 0.692. The monoisotopic (exact) mass is 241 g/mol. The fourth-order valence-corrected chi connectivity index (χ4v) is 2.54. The summed E-state index contributed by atoms with van der Waals surface area (Å²) in [5.41, 5.74) is 0. The SMILES string of the molecule is CCCCCCOCc1ccc(CNC)s1. The van der Waals surface area contributed by atoms with E-state index in [1.807, 2.05) is 18.4 Å². The molecule has 0 amide bonds. The summed E-state index contributed by atoms with van der Waals surface area (Å²) in [7, 11) is 1.98. The molecule has 3 heteroatoms. The Balaban J connectivity index is 2.07. The molecular weight excluding hydrogens is 218 g/mol. The van der Waals surface area contributed by atoms with Gasteiger partial charge in [0.05, 0.1) is 6.61 Å². The minimum Gasteiger partial charge on any atom is -0.376 e. The van der Waals surface area contributed by atoms with Gasteiger partial charge in [-0.15, -0.1) is 11.3 Å². The van der Waals surface area contributed by atoms with Gasteiger partial charge in [0.1, 0.15) is 0 Å². The first-order valence-corrected chi connectivity index (χ1v) is 6.98. The van der Waals surface area contributed by atoms with Gasteiger partial charge in [-0.1, -0.05) is 26.2 Å². The van der Waals surface area contributed by atoms with Crippen LogP contribution >= 0.6 is 11.3 Å². The van der Waals surface area contributed by atoms with Gasteiger partial charge >= 0.3 is 0 Å². The lowest BCUT2D eigenvalue weighted by atomic mass is 10.2. The highest BCUT2D eigenvalue weighted by atomic mass is 32.1. The van der Waals surface area contributed by atoms with E-state index in [1.54, 1.807) is 0 Å². The van der Waals surface area contributed by atoms with Crippen molar-refractivity contribution < 1.29 is 4.74 Å². The van der Waals surface area contributed by atoms with Crippen molar-refractivity contribution in [3.63, 3.8) is 0 Å². The molecule has 2 nitrogen and oxygen atoms in total. The van der Waals surface area contributed by atoms with E-state index in [0.29, 0.717) is 0 Å². The highest BCUT2D eigenvalue weighted by molar-refractivity contribution is 7.11. The molecule has 0 atom stereocenters. The molecule has 1 aromatic heterocycles. The van der Waals surface area contributed by atoms with Crippen LogP contribution < -0.4 is 5.32 Å². The van der Waals surface area contributed by atoms with Crippen LogP contribution in [0, 0.1) is 0 Å². The van der Waals surface area contributed by atoms with Crippen LogP contribution in [-0.4, -0.2) is 13.7 Å². The Morgan fingerprint density at radius 1 is 1.19 bits per heavy atom. The average molecular weight is 241 g/mol. The number of ether oxygens (including phenoxy) is 1. The first kappa shape index (κ1) is 13.7. The topological polar surface area (TPSA) is 21.3 Å². The summed E-state index contributed by atoms with van der Waals surface area (Å²) in [5, 5.41) is 3.16. The molecule has 0 aliphatic carbocycles. The first-order valence-electron chi connectivity index (χ1n) is 6.16. The predicted octanol–water partition coefficient (Wildman–Crippen LogP) is 3.56. The number of thiophene rings is 1. The second-order valence-corrected chi connectivity index (χ2v) is 5.26. The zero-order valence-electron chi connectivity index (χ0n) is 10.4. The van der Waals surface area contributed by atoms with Gasteiger partial charge in [-0.25, -0.2) is 0 Å². The third-order valence-electron chi connectivity index (χ3n) is 2.45. The van der Waals surface area contributed by atoms with Gasteiger partial charge in [0.15, 0.2) is 0 Å². The number of hydrogen-bond donors (Lipinski definition) is 1. The lowest BCUT2D eigenvalue weighted by Crippen LogP contribution is -2.02. The van der Waals surface area contributed by atoms with Crippen molar-refractivity contribution >= 4 is 11.3 Å². The Morgan fingerprint density at radius 3 is 2.75 bits per heavy atom. The van der Waals surface area contributed by atoms with E-state index in [0.717, 1.165) is 19.8 Å². The van der Waals surface area contributed by atoms with Crippen molar-refractivity contribution in [2.45, 2.75) is 45.8 Å². The summed E-state index contributed by atoms with van der Waals surface area (Å²) in [5.74, 6) is 0. The van der Waals surface area contributed by atoms with Crippen LogP contribution in [0.2, 0.25) is 0 Å². The van der Waals surface area contributed by atoms with Crippen molar-refractivity contribution in [2.75, 3.05) is 13.7 Å². The summed E-state index contributed by atoms with van der Waals surface area (Å²) in [6.07, 6.45) is 5.11. The van der Waals surface area contributed by atoms with Gasteiger partial charge in [0.25, 0.3) is 0 Å². The van der Waals surface area contributed by atoms with Crippen LogP contribution in [0.4, 0.5) is 0 Å². The zero-order valence-corrected chi connectivity index (χ0v) is 11.2. The van der Waals surface area contributed by atoms with Crippen LogP contribution in [0.5, 0.6) is 0 Å². The molecule has 0 saturated carbocycles. The molecule has 0 unspecified atom stereocenters. The number of hydrogen-bond acceptors (Lipinski definition) is 3. The molecule has 0 fully saturated rings. The van der Waals surface area contributed by atoms with Gasteiger partial charge in [0.2, 0.25) is 0 Å². The maximum absolute atomic E-state index is 5.65. The number of unbranched alkanes of at least 4 members (excludes halogenated alkanes) is 3. The van der Waals surface area contributed by atoms with Crippen molar-refractivity contribution in [2.24, 2.45) is 0 Å². The Hall–Kier alpha value is -0.380. The van der Waals surface area contributed by atoms with Gasteiger partial charge in [-0.2, -0.15) is 0 Å². The molecule has 0 spiro atoms. The van der Waals surface area contributed by atoms with E-state index in [9.17, 15) is 0 Å². The van der Waals surface area contributed by atoms with Crippen molar-refractivity contribution in [3.8, 4) is 0 Å². The second kappa shape index (κ2) is 8.74. The second-order valence-electron chi connectivity index (χ2n) is 4.01. The largest absolute Gasteiger partial charge is 0.376 e. The Morgan fingerprint density at radius 2 is 2.00 bits per heavy atom. The lowest BCUT2D eigenvalue weighted by Gasteiger charge is -2.01. The maximum Gasteiger partial charge on any atom is 0.0809 e. The minimum absolute atomic E-state index is 0.778. The predicted molar refractivity (Wildman–Crippen MR) is 70.9 cm³/mol. The van der Waals surface area contributed by atoms with Gasteiger partial charge in [-0.3, -0.25) is 0 Å². The summed E-state index contributed by atoms with van der Waals surface area (Å²) in [4.78, 5) is 2.72. The smallest absolute Gasteiger partial charge is 0.0809 e. The number of nitrogens with one attached hydrogen (secondary N) is 1. The van der Waals surface area contributed by atoms with E-state index >= 15 is 0 Å². The van der Waals surface area contributed by atoms with Gasteiger partial charge in [-0.05, 0) is 25.6 Å². The molecular formula is C13H23NOS. The Bertz CT molecular complexity index is 273. The molecule has 0 radical (unpaired) electrons. The molecule has 0 aliphatic heterocycles. The molecule has 92 valence electrons. The average Bonchev–Trinajstić information content (AvgIpc) is 2.72. The summed E-state index contributed by atoms with van der Waals surface area (Å²) >= 11 is 1.84. The van der Waals surface area contributed by atoms with Crippen molar-refractivity contribution in [1.29, 1.82) is 0 Å². The van der Waals surface area contributed by atoms with E-state index in [-0.39, 0.29) is 0 Å². The molecule has 1 rings (SSSR count). The van der Waals surface area contributed by atoms with E-state index in [4.69, 9.17) is 4.74 Å².